The maximum atomic E-state index is 14.0. The Morgan fingerprint density at radius 1 is 1.19 bits per heavy atom. The highest BCUT2D eigenvalue weighted by atomic mass is 32.2. The van der Waals surface area contributed by atoms with Crippen LogP contribution in [0.3, 0.4) is 0 Å². The van der Waals surface area contributed by atoms with Gasteiger partial charge >= 0.3 is 0 Å². The van der Waals surface area contributed by atoms with Crippen molar-refractivity contribution in [3.8, 4) is 5.75 Å². The van der Waals surface area contributed by atoms with E-state index in [9.17, 15) is 17.6 Å². The van der Waals surface area contributed by atoms with Crippen molar-refractivity contribution >= 4 is 27.7 Å². The highest BCUT2D eigenvalue weighted by molar-refractivity contribution is 7.98. The van der Waals surface area contributed by atoms with Gasteiger partial charge in [-0.15, -0.1) is 0 Å². The van der Waals surface area contributed by atoms with Crippen LogP contribution in [0, 0.1) is 19.7 Å². The summed E-state index contributed by atoms with van der Waals surface area (Å²) in [7, 11) is -2.59. The summed E-state index contributed by atoms with van der Waals surface area (Å²) in [5.74, 6) is 0.0418. The lowest BCUT2D eigenvalue weighted by molar-refractivity contribution is -0.132. The number of rotatable bonds is 11. The molecule has 0 aliphatic rings. The van der Waals surface area contributed by atoms with Gasteiger partial charge in [0.05, 0.1) is 6.54 Å². The van der Waals surface area contributed by atoms with Crippen LogP contribution in [0.2, 0.25) is 0 Å². The number of carbonyl (C=O) groups is 1. The third kappa shape index (κ3) is 7.52. The number of nitrogens with zero attached hydrogens (tertiary/aromatic N) is 1. The minimum Gasteiger partial charge on any atom is -0.492 e. The number of thioether (sulfide) groups is 1. The lowest BCUT2D eigenvalue weighted by Crippen LogP contribution is -2.48. The van der Waals surface area contributed by atoms with Gasteiger partial charge < -0.3 is 9.64 Å². The number of sulfonamides is 1. The molecule has 9 heteroatoms. The Hall–Kier alpha value is -2.10. The third-order valence-electron chi connectivity index (χ3n) is 4.60. The van der Waals surface area contributed by atoms with E-state index in [1.807, 2.05) is 38.3 Å². The van der Waals surface area contributed by atoms with E-state index in [0.717, 1.165) is 22.9 Å². The number of carbonyl (C=O) groups excluding carboxylic acids is 1. The van der Waals surface area contributed by atoms with E-state index < -0.39 is 32.7 Å². The molecule has 2 aromatic rings. The molecule has 2 aromatic carbocycles. The fourth-order valence-corrected chi connectivity index (χ4v) is 4.85. The van der Waals surface area contributed by atoms with Gasteiger partial charge in [0.15, 0.2) is 0 Å². The Morgan fingerprint density at radius 3 is 2.45 bits per heavy atom. The Bertz CT molecular complexity index is 979. The first kappa shape index (κ1) is 25.2. The Balaban J connectivity index is 2.04. The molecule has 6 nitrogen and oxygen atoms in total. The maximum Gasteiger partial charge on any atom is 0.244 e. The molecule has 0 heterocycles. The van der Waals surface area contributed by atoms with E-state index >= 15 is 0 Å². The average molecular weight is 469 g/mol. The average Bonchev–Trinajstić information content (AvgIpc) is 2.70. The molecule has 0 saturated heterocycles. The van der Waals surface area contributed by atoms with Gasteiger partial charge in [-0.1, -0.05) is 18.2 Å². The molecule has 0 aromatic heterocycles. The van der Waals surface area contributed by atoms with Crippen molar-refractivity contribution in [3.63, 3.8) is 0 Å². The van der Waals surface area contributed by atoms with Crippen molar-refractivity contribution in [2.45, 2.75) is 31.2 Å². The summed E-state index contributed by atoms with van der Waals surface area (Å²) in [5, 5.41) is 0. The first-order valence-corrected chi connectivity index (χ1v) is 12.7. The molecule has 0 bridgehead atoms. The predicted octanol–water partition coefficient (Wildman–Crippen LogP) is 3.38. The van der Waals surface area contributed by atoms with Crippen molar-refractivity contribution in [1.82, 2.24) is 9.62 Å². The normalized spacial score (nSPS) is 12.4. The van der Waals surface area contributed by atoms with Crippen molar-refractivity contribution < 1.29 is 22.3 Å². The predicted molar refractivity (Wildman–Crippen MR) is 123 cm³/mol. The summed E-state index contributed by atoms with van der Waals surface area (Å²) in [4.78, 5) is 13.9. The Labute approximate surface area is 188 Å². The number of halogens is 1. The van der Waals surface area contributed by atoms with Crippen LogP contribution in [0.5, 0.6) is 5.75 Å². The van der Waals surface area contributed by atoms with Crippen LogP contribution in [-0.2, 0) is 14.8 Å². The highest BCUT2D eigenvalue weighted by Crippen LogP contribution is 2.17. The van der Waals surface area contributed by atoms with Gasteiger partial charge in [-0.25, -0.2) is 12.8 Å². The Kier molecular flexibility index (Phi) is 9.33. The summed E-state index contributed by atoms with van der Waals surface area (Å²) in [5.41, 5.74) is 2.17. The number of aryl methyl sites for hydroxylation is 2. The van der Waals surface area contributed by atoms with E-state index in [2.05, 4.69) is 4.72 Å². The number of hydrogen-bond acceptors (Lipinski definition) is 5. The minimum atomic E-state index is -4.19. The molecule has 2 rings (SSSR count). The number of likely N-dealkylation sites (N-methyl/N-ethyl adjacent to an activating group) is 1. The van der Waals surface area contributed by atoms with E-state index in [-0.39, 0.29) is 19.6 Å². The van der Waals surface area contributed by atoms with Crippen LogP contribution in [0.1, 0.15) is 17.5 Å². The van der Waals surface area contributed by atoms with Gasteiger partial charge in [-0.2, -0.15) is 16.5 Å². The van der Waals surface area contributed by atoms with Gasteiger partial charge in [0, 0.05) is 7.05 Å². The molecule has 0 aliphatic carbocycles. The standard InChI is InChI=1S/C22H29FN2O4S2/c1-16-13-17(2)15-18(14-16)29-11-10-25(3)22(26)20(9-12-30-4)24-31(27,28)21-8-6-5-7-19(21)23/h5-8,13-15,20,24H,9-12H2,1-4H3. The van der Waals surface area contributed by atoms with Crippen LogP contribution in [0.25, 0.3) is 0 Å². The molecule has 1 atom stereocenters. The number of hydrogen-bond donors (Lipinski definition) is 1. The molecule has 1 amide bonds. The first-order valence-electron chi connectivity index (χ1n) is 9.86. The van der Waals surface area contributed by atoms with Crippen LogP contribution in [-0.4, -0.2) is 57.5 Å². The van der Waals surface area contributed by atoms with Crippen LogP contribution < -0.4 is 9.46 Å². The summed E-state index contributed by atoms with van der Waals surface area (Å²) < 4.78 is 47.4. The third-order valence-corrected chi connectivity index (χ3v) is 6.75. The zero-order chi connectivity index (χ0) is 23.0. The van der Waals surface area contributed by atoms with E-state index in [0.29, 0.717) is 5.75 Å². The molecule has 31 heavy (non-hydrogen) atoms. The van der Waals surface area contributed by atoms with Gasteiger partial charge in [0.1, 0.15) is 29.1 Å². The van der Waals surface area contributed by atoms with Gasteiger partial charge in [0.2, 0.25) is 15.9 Å². The molecule has 0 fully saturated rings. The fraction of sp³-hybridized carbons (Fsp3) is 0.409. The topological polar surface area (TPSA) is 75.7 Å². The van der Waals surface area contributed by atoms with Crippen LogP contribution in [0.4, 0.5) is 4.39 Å². The van der Waals surface area contributed by atoms with E-state index in [1.54, 1.807) is 7.05 Å². The molecule has 170 valence electrons. The smallest absolute Gasteiger partial charge is 0.244 e. The zero-order valence-electron chi connectivity index (χ0n) is 18.2. The van der Waals surface area contributed by atoms with Crippen molar-refractivity contribution in [3.05, 3.63) is 59.4 Å². The highest BCUT2D eigenvalue weighted by Gasteiger charge is 2.29. The van der Waals surface area contributed by atoms with E-state index in [1.165, 1.54) is 34.9 Å². The van der Waals surface area contributed by atoms with Gasteiger partial charge in [-0.3, -0.25) is 4.79 Å². The monoisotopic (exact) mass is 468 g/mol. The van der Waals surface area contributed by atoms with Gasteiger partial charge in [0.25, 0.3) is 0 Å². The largest absolute Gasteiger partial charge is 0.492 e. The maximum absolute atomic E-state index is 14.0. The molecule has 0 saturated carbocycles. The van der Waals surface area contributed by atoms with E-state index in [4.69, 9.17) is 4.74 Å². The first-order chi connectivity index (χ1) is 14.6. The quantitative estimate of drug-likeness (QED) is 0.547. The fourth-order valence-electron chi connectivity index (χ4n) is 3.07. The van der Waals surface area contributed by atoms with Crippen LogP contribution >= 0.6 is 11.8 Å². The SMILES string of the molecule is CSCCC(NS(=O)(=O)c1ccccc1F)C(=O)N(C)CCOc1cc(C)cc(C)c1. The summed E-state index contributed by atoms with van der Waals surface area (Å²) >= 11 is 1.50. The minimum absolute atomic E-state index is 0.264. The molecule has 0 radical (unpaired) electrons. The molecular weight excluding hydrogens is 439 g/mol. The molecule has 1 N–H and O–H groups in total. The van der Waals surface area contributed by atoms with Crippen molar-refractivity contribution in [1.29, 1.82) is 0 Å². The second kappa shape index (κ2) is 11.5. The van der Waals surface area contributed by atoms with Crippen molar-refractivity contribution in [2.24, 2.45) is 0 Å². The molecule has 0 spiro atoms. The zero-order valence-corrected chi connectivity index (χ0v) is 19.9. The lowest BCUT2D eigenvalue weighted by atomic mass is 10.1. The molecule has 0 aliphatic heterocycles. The lowest BCUT2D eigenvalue weighted by Gasteiger charge is -2.24. The summed E-state index contributed by atoms with van der Waals surface area (Å²) in [6, 6.07) is 9.97. The second-order valence-electron chi connectivity index (χ2n) is 7.32. The number of benzene rings is 2. The number of amides is 1. The van der Waals surface area contributed by atoms with Crippen LogP contribution in [0.15, 0.2) is 47.4 Å². The number of ether oxygens (including phenoxy) is 1. The summed E-state index contributed by atoms with van der Waals surface area (Å²) in [6.07, 6.45) is 2.16. The number of nitrogens with one attached hydrogen (secondary N) is 1. The Morgan fingerprint density at radius 2 is 1.84 bits per heavy atom. The second-order valence-corrected chi connectivity index (χ2v) is 9.99. The summed E-state index contributed by atoms with van der Waals surface area (Å²) in [6.45, 7) is 4.50. The molecular formula is C22H29FN2O4S2. The molecule has 1 unspecified atom stereocenters. The van der Waals surface area contributed by atoms with Crippen molar-refractivity contribution in [2.75, 3.05) is 32.2 Å². The van der Waals surface area contributed by atoms with Gasteiger partial charge in [-0.05, 0) is 67.7 Å².